The van der Waals surface area contributed by atoms with Crippen LogP contribution in [0.15, 0.2) is 12.7 Å². The Hall–Kier alpha value is -0.300. The van der Waals surface area contributed by atoms with Crippen LogP contribution in [0.1, 0.15) is 77.6 Å². The second kappa shape index (κ2) is 13.8. The van der Waals surface area contributed by atoms with Crippen molar-refractivity contribution in [1.82, 2.24) is 5.32 Å². The summed E-state index contributed by atoms with van der Waals surface area (Å²) >= 11 is 0. The van der Waals surface area contributed by atoms with Gasteiger partial charge in [0.15, 0.2) is 0 Å². The van der Waals surface area contributed by atoms with Gasteiger partial charge in [-0.15, -0.1) is 6.58 Å². The molecule has 0 amide bonds. The molecule has 0 aliphatic heterocycles. The van der Waals surface area contributed by atoms with Crippen molar-refractivity contribution in [1.29, 1.82) is 0 Å². The summed E-state index contributed by atoms with van der Waals surface area (Å²) in [6.45, 7) is 6.05. The number of rotatable bonds is 13. The third kappa shape index (κ3) is 12.0. The first-order chi connectivity index (χ1) is 8.35. The summed E-state index contributed by atoms with van der Waals surface area (Å²) in [5.74, 6) is 0. The molecule has 17 heavy (non-hydrogen) atoms. The molecule has 0 heterocycles. The van der Waals surface area contributed by atoms with Crippen LogP contribution in [-0.2, 0) is 0 Å². The molecule has 0 aliphatic carbocycles. The second-order valence-corrected chi connectivity index (χ2v) is 5.12. The molecule has 0 rings (SSSR count). The van der Waals surface area contributed by atoms with Gasteiger partial charge in [-0.25, -0.2) is 0 Å². The van der Waals surface area contributed by atoms with E-state index in [9.17, 15) is 0 Å². The summed E-state index contributed by atoms with van der Waals surface area (Å²) in [5.41, 5.74) is 0. The van der Waals surface area contributed by atoms with Crippen LogP contribution in [0.25, 0.3) is 0 Å². The Kier molecular flexibility index (Phi) is 13.5. The molecule has 102 valence electrons. The molecule has 0 saturated heterocycles. The predicted octanol–water partition coefficient (Wildman–Crippen LogP) is 5.07. The van der Waals surface area contributed by atoms with E-state index in [0.717, 1.165) is 12.5 Å². The van der Waals surface area contributed by atoms with E-state index in [0.29, 0.717) is 0 Å². The van der Waals surface area contributed by atoms with E-state index >= 15 is 0 Å². The molecular weight excluding hydrogens is 206 g/mol. The molecule has 1 atom stereocenters. The van der Waals surface area contributed by atoms with Gasteiger partial charge < -0.3 is 5.32 Å². The van der Waals surface area contributed by atoms with Crippen molar-refractivity contribution in [3.05, 3.63) is 12.7 Å². The van der Waals surface area contributed by atoms with E-state index in [-0.39, 0.29) is 0 Å². The van der Waals surface area contributed by atoms with Gasteiger partial charge in [-0.3, -0.25) is 0 Å². The topological polar surface area (TPSA) is 12.0 Å². The molecule has 0 aliphatic rings. The third-order valence-corrected chi connectivity index (χ3v) is 3.53. The predicted molar refractivity (Wildman–Crippen MR) is 79.5 cm³/mol. The van der Waals surface area contributed by atoms with E-state index in [1.165, 1.54) is 64.2 Å². The fourth-order valence-electron chi connectivity index (χ4n) is 2.29. The Morgan fingerprint density at radius 2 is 1.53 bits per heavy atom. The summed E-state index contributed by atoms with van der Waals surface area (Å²) < 4.78 is 0. The van der Waals surface area contributed by atoms with Crippen molar-refractivity contribution in [2.45, 2.75) is 83.6 Å². The number of hydrogen-bond acceptors (Lipinski definition) is 1. The highest BCUT2D eigenvalue weighted by atomic mass is 14.9. The van der Waals surface area contributed by atoms with Gasteiger partial charge in [-0.05, 0) is 32.7 Å². The van der Waals surface area contributed by atoms with Crippen LogP contribution in [-0.4, -0.2) is 13.1 Å². The van der Waals surface area contributed by atoms with Gasteiger partial charge in [0, 0.05) is 6.04 Å². The third-order valence-electron chi connectivity index (χ3n) is 3.53. The Bertz CT molecular complexity index is 154. The summed E-state index contributed by atoms with van der Waals surface area (Å²) in [6.07, 6.45) is 17.0. The molecule has 1 heteroatoms. The maximum atomic E-state index is 3.77. The molecule has 0 fully saturated rings. The lowest BCUT2D eigenvalue weighted by atomic mass is 10.0. The van der Waals surface area contributed by atoms with E-state index in [1.807, 2.05) is 6.08 Å². The fourth-order valence-corrected chi connectivity index (χ4v) is 2.29. The van der Waals surface area contributed by atoms with Crippen molar-refractivity contribution >= 4 is 0 Å². The Labute approximate surface area is 109 Å². The van der Waals surface area contributed by atoms with Crippen LogP contribution in [0.5, 0.6) is 0 Å². The van der Waals surface area contributed by atoms with Crippen molar-refractivity contribution in [2.75, 3.05) is 7.05 Å². The zero-order valence-electron chi connectivity index (χ0n) is 12.1. The zero-order valence-corrected chi connectivity index (χ0v) is 12.1. The van der Waals surface area contributed by atoms with Gasteiger partial charge in [-0.1, -0.05) is 57.9 Å². The summed E-state index contributed by atoms with van der Waals surface area (Å²) in [6, 6.07) is 0.727. The number of nitrogens with one attached hydrogen (secondary N) is 1. The Morgan fingerprint density at radius 1 is 0.941 bits per heavy atom. The molecule has 1 unspecified atom stereocenters. The lowest BCUT2D eigenvalue weighted by Crippen LogP contribution is -2.24. The van der Waals surface area contributed by atoms with E-state index in [2.05, 4.69) is 25.9 Å². The molecule has 1 N–H and O–H groups in total. The van der Waals surface area contributed by atoms with Gasteiger partial charge in [-0.2, -0.15) is 0 Å². The van der Waals surface area contributed by atoms with E-state index in [1.54, 1.807) is 0 Å². The van der Waals surface area contributed by atoms with Gasteiger partial charge in [0.2, 0.25) is 0 Å². The second-order valence-electron chi connectivity index (χ2n) is 5.12. The smallest absolute Gasteiger partial charge is 0.00641 e. The minimum atomic E-state index is 0.727. The van der Waals surface area contributed by atoms with Gasteiger partial charge in [0.25, 0.3) is 0 Å². The van der Waals surface area contributed by atoms with Crippen LogP contribution < -0.4 is 5.32 Å². The van der Waals surface area contributed by atoms with E-state index < -0.39 is 0 Å². The zero-order chi connectivity index (χ0) is 12.8. The van der Waals surface area contributed by atoms with E-state index in [4.69, 9.17) is 0 Å². The number of hydrogen-bond donors (Lipinski definition) is 1. The quantitative estimate of drug-likeness (QED) is 0.349. The van der Waals surface area contributed by atoms with Crippen LogP contribution in [0.3, 0.4) is 0 Å². The average Bonchev–Trinajstić information content (AvgIpc) is 2.35. The summed E-state index contributed by atoms with van der Waals surface area (Å²) in [7, 11) is 2.10. The maximum Gasteiger partial charge on any atom is 0.00641 e. The minimum absolute atomic E-state index is 0.727. The fraction of sp³-hybridized carbons (Fsp3) is 0.875. The number of unbranched alkanes of at least 4 members (excludes halogenated alkanes) is 7. The van der Waals surface area contributed by atoms with Crippen molar-refractivity contribution in [3.8, 4) is 0 Å². The van der Waals surface area contributed by atoms with Crippen molar-refractivity contribution < 1.29 is 0 Å². The summed E-state index contributed by atoms with van der Waals surface area (Å²) in [5, 5.41) is 3.44. The van der Waals surface area contributed by atoms with Gasteiger partial charge in [0.05, 0.1) is 0 Å². The Morgan fingerprint density at radius 3 is 2.12 bits per heavy atom. The largest absolute Gasteiger partial charge is 0.317 e. The average molecular weight is 239 g/mol. The molecule has 0 spiro atoms. The summed E-state index contributed by atoms with van der Waals surface area (Å²) in [4.78, 5) is 0. The normalized spacial score (nSPS) is 12.6. The first-order valence-electron chi connectivity index (χ1n) is 7.63. The molecule has 0 radical (unpaired) electrons. The van der Waals surface area contributed by atoms with Crippen molar-refractivity contribution in [3.63, 3.8) is 0 Å². The molecular formula is C16H33N. The van der Waals surface area contributed by atoms with Crippen LogP contribution in [0.4, 0.5) is 0 Å². The molecule has 0 aromatic heterocycles. The first-order valence-corrected chi connectivity index (χ1v) is 7.63. The van der Waals surface area contributed by atoms with Gasteiger partial charge in [0.1, 0.15) is 0 Å². The highest BCUT2D eigenvalue weighted by Crippen LogP contribution is 2.12. The lowest BCUT2D eigenvalue weighted by molar-refractivity contribution is 0.448. The van der Waals surface area contributed by atoms with Crippen LogP contribution in [0, 0.1) is 0 Å². The lowest BCUT2D eigenvalue weighted by Gasteiger charge is -2.15. The molecule has 0 bridgehead atoms. The highest BCUT2D eigenvalue weighted by molar-refractivity contribution is 4.70. The molecule has 0 aromatic rings. The molecule has 1 nitrogen and oxygen atoms in total. The molecule has 0 saturated carbocycles. The Balaban J connectivity index is 3.27. The standard InChI is InChI=1S/C16H33N/c1-4-6-8-9-10-11-13-15-16(17-3)14-12-7-5-2/h5,16-17H,2,4,6-15H2,1,3H3. The maximum absolute atomic E-state index is 3.77. The van der Waals surface area contributed by atoms with Crippen molar-refractivity contribution in [2.24, 2.45) is 0 Å². The van der Waals surface area contributed by atoms with Gasteiger partial charge >= 0.3 is 0 Å². The molecule has 0 aromatic carbocycles. The van der Waals surface area contributed by atoms with Crippen LogP contribution >= 0.6 is 0 Å². The first kappa shape index (κ1) is 16.7. The van der Waals surface area contributed by atoms with Crippen LogP contribution in [0.2, 0.25) is 0 Å². The highest BCUT2D eigenvalue weighted by Gasteiger charge is 2.04. The SMILES string of the molecule is C=CCCCC(CCCCCCCCC)NC. The number of allylic oxidation sites excluding steroid dienone is 1. The minimum Gasteiger partial charge on any atom is -0.317 e. The monoisotopic (exact) mass is 239 g/mol.